The van der Waals surface area contributed by atoms with E-state index in [-0.39, 0.29) is 29.6 Å². The van der Waals surface area contributed by atoms with Crippen molar-refractivity contribution in [2.24, 2.45) is 0 Å². The smallest absolute Gasteiger partial charge is 0.354 e. The van der Waals surface area contributed by atoms with E-state index in [2.05, 4.69) is 25.3 Å². The minimum atomic E-state index is -1.11. The van der Waals surface area contributed by atoms with Crippen LogP contribution in [0.1, 0.15) is 45.8 Å². The normalized spacial score (nSPS) is 19.2. The fraction of sp³-hybridized carbons (Fsp3) is 0.500. The number of aromatic nitrogens is 4. The molecule has 2 aromatic heterocycles. The van der Waals surface area contributed by atoms with Gasteiger partial charge in [-0.15, -0.1) is 0 Å². The first kappa shape index (κ1) is 21.0. The maximum absolute atomic E-state index is 12.5. The summed E-state index contributed by atoms with van der Waals surface area (Å²) in [5.41, 5.74) is 1.22. The number of aromatic amines is 1. The Morgan fingerprint density at radius 2 is 2.17 bits per heavy atom. The summed E-state index contributed by atoms with van der Waals surface area (Å²) in [5.74, 6) is -0.963. The number of aromatic carboxylic acids is 1. The van der Waals surface area contributed by atoms with Crippen LogP contribution in [0.3, 0.4) is 0 Å². The summed E-state index contributed by atoms with van der Waals surface area (Å²) in [6, 6.07) is 1.17. The molecule has 3 heterocycles. The fourth-order valence-corrected chi connectivity index (χ4v) is 3.54. The number of hydrogen-bond acceptors (Lipinski definition) is 7. The van der Waals surface area contributed by atoms with Crippen LogP contribution in [0.5, 0.6) is 0 Å². The quantitative estimate of drug-likeness (QED) is 0.636. The second-order valence-corrected chi connectivity index (χ2v) is 7.15. The Hall–Kier alpha value is -2.72. The maximum Gasteiger partial charge on any atom is 0.354 e. The number of aryl methyl sites for hydroxylation is 2. The van der Waals surface area contributed by atoms with Crippen molar-refractivity contribution in [1.82, 2.24) is 25.3 Å². The molecule has 0 unspecified atom stereocenters. The standard InChI is InChI=1S/C18H23ClN6O4/c1-4-10-14(19)24-15(21-10)16(26)22-11-5-6-25(8-13(11)29-3)18-20-9(2)7-12(23-18)17(27)28/h7,11,13H,4-6,8H2,1-3H3,(H,21,24)(H,22,26)(H,27,28)/t11-,13+/m0/s1. The summed E-state index contributed by atoms with van der Waals surface area (Å²) in [6.45, 7) is 4.58. The molecule has 10 nitrogen and oxygen atoms in total. The lowest BCUT2D eigenvalue weighted by atomic mass is 10.0. The molecule has 2 aromatic rings. The number of methoxy groups -OCH3 is 1. The van der Waals surface area contributed by atoms with Gasteiger partial charge in [-0.25, -0.2) is 19.7 Å². The number of nitrogens with zero attached hydrogens (tertiary/aromatic N) is 4. The van der Waals surface area contributed by atoms with Crippen LogP contribution < -0.4 is 10.2 Å². The van der Waals surface area contributed by atoms with Crippen molar-refractivity contribution in [2.45, 2.75) is 38.8 Å². The van der Waals surface area contributed by atoms with Gasteiger partial charge in [0.25, 0.3) is 5.91 Å². The first-order valence-electron chi connectivity index (χ1n) is 9.24. The van der Waals surface area contributed by atoms with E-state index in [1.807, 2.05) is 11.8 Å². The molecule has 0 bridgehead atoms. The molecule has 29 heavy (non-hydrogen) atoms. The Kier molecular flexibility index (Phi) is 6.33. The minimum Gasteiger partial charge on any atom is -0.477 e. The van der Waals surface area contributed by atoms with E-state index in [1.165, 1.54) is 6.07 Å². The van der Waals surface area contributed by atoms with E-state index in [1.54, 1.807) is 14.0 Å². The Morgan fingerprint density at radius 1 is 1.41 bits per heavy atom. The number of hydrogen-bond donors (Lipinski definition) is 3. The van der Waals surface area contributed by atoms with Crippen LogP contribution in [-0.4, -0.2) is 69.3 Å². The Balaban J connectivity index is 1.71. The molecule has 1 saturated heterocycles. The van der Waals surface area contributed by atoms with Gasteiger partial charge in [0, 0.05) is 25.9 Å². The number of carbonyl (C=O) groups excluding carboxylic acids is 1. The Morgan fingerprint density at radius 3 is 2.79 bits per heavy atom. The molecule has 0 aliphatic carbocycles. The number of anilines is 1. The highest BCUT2D eigenvalue weighted by atomic mass is 35.5. The molecule has 0 spiro atoms. The van der Waals surface area contributed by atoms with E-state index in [0.29, 0.717) is 48.4 Å². The van der Waals surface area contributed by atoms with Crippen LogP contribution in [0, 0.1) is 6.92 Å². The number of carboxylic acid groups (broad SMARTS) is 1. The van der Waals surface area contributed by atoms with Crippen LogP contribution in [0.15, 0.2) is 6.07 Å². The van der Waals surface area contributed by atoms with Crippen molar-refractivity contribution >= 4 is 29.4 Å². The molecule has 2 atom stereocenters. The average Bonchev–Trinajstić information content (AvgIpc) is 3.08. The van der Waals surface area contributed by atoms with Crippen LogP contribution >= 0.6 is 11.6 Å². The van der Waals surface area contributed by atoms with Gasteiger partial charge in [-0.2, -0.15) is 0 Å². The summed E-state index contributed by atoms with van der Waals surface area (Å²) in [6.07, 6.45) is 0.882. The molecule has 3 N–H and O–H groups in total. The van der Waals surface area contributed by atoms with Crippen molar-refractivity contribution in [1.29, 1.82) is 0 Å². The van der Waals surface area contributed by atoms with Crippen LogP contribution in [0.25, 0.3) is 0 Å². The third kappa shape index (κ3) is 4.65. The molecule has 1 aliphatic rings. The van der Waals surface area contributed by atoms with Crippen LogP contribution in [0.2, 0.25) is 5.15 Å². The summed E-state index contributed by atoms with van der Waals surface area (Å²) in [4.78, 5) is 41.1. The summed E-state index contributed by atoms with van der Waals surface area (Å²) in [7, 11) is 1.56. The first-order valence-corrected chi connectivity index (χ1v) is 9.62. The number of carboxylic acids is 1. The third-order valence-corrected chi connectivity index (χ3v) is 5.13. The largest absolute Gasteiger partial charge is 0.477 e. The molecule has 1 aliphatic heterocycles. The number of nitrogens with one attached hydrogen (secondary N) is 2. The molecule has 1 fully saturated rings. The number of imidazole rings is 1. The van der Waals surface area contributed by atoms with E-state index in [0.717, 1.165) is 0 Å². The lowest BCUT2D eigenvalue weighted by Gasteiger charge is -2.38. The number of amides is 1. The number of ether oxygens (including phenoxy) is 1. The third-order valence-electron chi connectivity index (χ3n) is 4.82. The highest BCUT2D eigenvalue weighted by Crippen LogP contribution is 2.20. The molecular formula is C18H23ClN6O4. The molecule has 0 radical (unpaired) electrons. The molecule has 156 valence electrons. The lowest BCUT2D eigenvalue weighted by Crippen LogP contribution is -2.55. The first-order chi connectivity index (χ1) is 13.8. The van der Waals surface area contributed by atoms with Crippen molar-refractivity contribution in [3.05, 3.63) is 34.1 Å². The second kappa shape index (κ2) is 8.75. The Labute approximate surface area is 172 Å². The zero-order valence-electron chi connectivity index (χ0n) is 16.4. The van der Waals surface area contributed by atoms with Gasteiger partial charge in [-0.05, 0) is 25.8 Å². The molecular weight excluding hydrogens is 400 g/mol. The molecule has 0 aromatic carbocycles. The molecule has 11 heteroatoms. The predicted molar refractivity (Wildman–Crippen MR) is 106 cm³/mol. The monoisotopic (exact) mass is 422 g/mol. The maximum atomic E-state index is 12.5. The average molecular weight is 423 g/mol. The van der Waals surface area contributed by atoms with Gasteiger partial charge >= 0.3 is 5.97 Å². The van der Waals surface area contributed by atoms with Crippen molar-refractivity contribution < 1.29 is 19.4 Å². The van der Waals surface area contributed by atoms with E-state index in [9.17, 15) is 14.7 Å². The van der Waals surface area contributed by atoms with Crippen molar-refractivity contribution in [2.75, 3.05) is 25.1 Å². The number of rotatable bonds is 6. The predicted octanol–water partition coefficient (Wildman–Crippen LogP) is 1.45. The second-order valence-electron chi connectivity index (χ2n) is 6.80. The lowest BCUT2D eigenvalue weighted by molar-refractivity contribution is 0.0534. The van der Waals surface area contributed by atoms with E-state index >= 15 is 0 Å². The zero-order chi connectivity index (χ0) is 21.1. The number of carbonyl (C=O) groups is 2. The molecule has 3 rings (SSSR count). The highest BCUT2D eigenvalue weighted by Gasteiger charge is 2.32. The number of piperidine rings is 1. The van der Waals surface area contributed by atoms with E-state index < -0.39 is 5.97 Å². The van der Waals surface area contributed by atoms with Gasteiger partial charge in [0.05, 0.1) is 17.8 Å². The topological polar surface area (TPSA) is 133 Å². The summed E-state index contributed by atoms with van der Waals surface area (Å²) < 4.78 is 5.57. The fourth-order valence-electron chi connectivity index (χ4n) is 3.27. The van der Waals surface area contributed by atoms with Crippen molar-refractivity contribution in [3.8, 4) is 0 Å². The molecule has 1 amide bonds. The zero-order valence-corrected chi connectivity index (χ0v) is 17.2. The SMILES string of the molecule is CCc1[nH]c(C(=O)N[C@H]2CCN(c3nc(C)cc(C(=O)O)n3)C[C@H]2OC)nc1Cl. The van der Waals surface area contributed by atoms with Crippen molar-refractivity contribution in [3.63, 3.8) is 0 Å². The van der Waals surface area contributed by atoms with Gasteiger partial charge in [0.2, 0.25) is 5.95 Å². The summed E-state index contributed by atoms with van der Waals surface area (Å²) >= 11 is 6.01. The highest BCUT2D eigenvalue weighted by molar-refractivity contribution is 6.30. The van der Waals surface area contributed by atoms with Crippen LogP contribution in [0.4, 0.5) is 5.95 Å². The Bertz CT molecular complexity index is 918. The van der Waals surface area contributed by atoms with Gasteiger partial charge in [-0.1, -0.05) is 18.5 Å². The number of halogens is 1. The summed E-state index contributed by atoms with van der Waals surface area (Å²) in [5, 5.41) is 12.4. The minimum absolute atomic E-state index is 0.0571. The number of H-pyrrole nitrogens is 1. The van der Waals surface area contributed by atoms with Crippen LogP contribution in [-0.2, 0) is 11.2 Å². The van der Waals surface area contributed by atoms with Gasteiger partial charge in [0.15, 0.2) is 16.7 Å². The van der Waals surface area contributed by atoms with Gasteiger partial charge in [0.1, 0.15) is 0 Å². The van der Waals surface area contributed by atoms with Gasteiger partial charge in [-0.3, -0.25) is 4.79 Å². The van der Waals surface area contributed by atoms with Gasteiger partial charge < -0.3 is 25.0 Å². The molecule has 0 saturated carbocycles. The van der Waals surface area contributed by atoms with E-state index in [4.69, 9.17) is 16.3 Å².